The average Bonchev–Trinajstić information content (AvgIpc) is 2.39. The molecule has 0 bridgehead atoms. The molecule has 2 rings (SSSR count). The van der Waals surface area contributed by atoms with Crippen LogP contribution >= 0.6 is 0 Å². The van der Waals surface area contributed by atoms with Crippen molar-refractivity contribution in [1.29, 1.82) is 0 Å². The van der Waals surface area contributed by atoms with E-state index in [0.29, 0.717) is 5.69 Å². The van der Waals surface area contributed by atoms with E-state index < -0.39 is 0 Å². The van der Waals surface area contributed by atoms with Crippen molar-refractivity contribution in [2.45, 2.75) is 6.92 Å². The topological polar surface area (TPSA) is 49.0 Å². The highest BCUT2D eigenvalue weighted by Crippen LogP contribution is 2.19. The van der Waals surface area contributed by atoms with Gasteiger partial charge in [-0.1, -0.05) is 0 Å². The minimum Gasteiger partial charge on any atom is -0.370 e. The molecule has 0 fully saturated rings. The van der Waals surface area contributed by atoms with Gasteiger partial charge in [0.05, 0.1) is 0 Å². The molecule has 0 atom stereocenters. The van der Waals surface area contributed by atoms with Crippen molar-refractivity contribution in [2.24, 2.45) is 0 Å². The zero-order chi connectivity index (χ0) is 12.3. The molecule has 4 heteroatoms. The van der Waals surface area contributed by atoms with E-state index in [1.165, 1.54) is 0 Å². The second kappa shape index (κ2) is 4.82. The SMILES string of the molecule is CCN(C)c1cc(-c2ccncc2)c[nH]c1=O. The fourth-order valence-corrected chi connectivity index (χ4v) is 1.64. The molecular formula is C13H15N3O. The van der Waals surface area contributed by atoms with Crippen LogP contribution in [0.1, 0.15) is 6.92 Å². The fourth-order valence-electron chi connectivity index (χ4n) is 1.64. The lowest BCUT2D eigenvalue weighted by molar-refractivity contribution is 0.951. The van der Waals surface area contributed by atoms with E-state index in [9.17, 15) is 4.79 Å². The lowest BCUT2D eigenvalue weighted by Crippen LogP contribution is -2.24. The maximum absolute atomic E-state index is 11.7. The highest BCUT2D eigenvalue weighted by atomic mass is 16.1. The molecule has 2 aromatic rings. The number of hydrogen-bond acceptors (Lipinski definition) is 3. The lowest BCUT2D eigenvalue weighted by Gasteiger charge is -2.16. The van der Waals surface area contributed by atoms with Gasteiger partial charge in [0.2, 0.25) is 0 Å². The van der Waals surface area contributed by atoms with E-state index in [-0.39, 0.29) is 5.56 Å². The number of aromatic amines is 1. The van der Waals surface area contributed by atoms with Crippen LogP contribution in [0.4, 0.5) is 5.69 Å². The quantitative estimate of drug-likeness (QED) is 0.874. The number of hydrogen-bond donors (Lipinski definition) is 1. The number of pyridine rings is 2. The van der Waals surface area contributed by atoms with Gasteiger partial charge in [0.25, 0.3) is 5.56 Å². The summed E-state index contributed by atoms with van der Waals surface area (Å²) in [4.78, 5) is 20.4. The second-order valence-electron chi connectivity index (χ2n) is 3.85. The number of nitrogens with zero attached hydrogens (tertiary/aromatic N) is 2. The molecule has 0 saturated heterocycles. The zero-order valence-electron chi connectivity index (χ0n) is 9.97. The number of H-pyrrole nitrogens is 1. The number of nitrogens with one attached hydrogen (secondary N) is 1. The van der Waals surface area contributed by atoms with Gasteiger partial charge in [-0.05, 0) is 30.7 Å². The Morgan fingerprint density at radius 2 is 2.00 bits per heavy atom. The van der Waals surface area contributed by atoms with Crippen molar-refractivity contribution in [3.05, 3.63) is 47.1 Å². The van der Waals surface area contributed by atoms with Crippen LogP contribution in [-0.2, 0) is 0 Å². The van der Waals surface area contributed by atoms with Crippen LogP contribution in [0.3, 0.4) is 0 Å². The van der Waals surface area contributed by atoms with Crippen molar-refractivity contribution in [2.75, 3.05) is 18.5 Å². The first-order chi connectivity index (χ1) is 8.22. The predicted octanol–water partition coefficient (Wildman–Crippen LogP) is 1.89. The van der Waals surface area contributed by atoms with E-state index in [1.807, 2.05) is 37.1 Å². The Balaban J connectivity index is 2.48. The molecule has 0 radical (unpaired) electrons. The molecule has 0 aliphatic rings. The van der Waals surface area contributed by atoms with E-state index in [1.54, 1.807) is 18.6 Å². The molecular weight excluding hydrogens is 214 g/mol. The van der Waals surface area contributed by atoms with Gasteiger partial charge >= 0.3 is 0 Å². The van der Waals surface area contributed by atoms with Crippen LogP contribution in [0.2, 0.25) is 0 Å². The van der Waals surface area contributed by atoms with Crippen LogP contribution in [-0.4, -0.2) is 23.6 Å². The van der Waals surface area contributed by atoms with E-state index in [2.05, 4.69) is 9.97 Å². The predicted molar refractivity (Wildman–Crippen MR) is 69.2 cm³/mol. The highest BCUT2D eigenvalue weighted by Gasteiger charge is 2.06. The fraction of sp³-hybridized carbons (Fsp3) is 0.231. The van der Waals surface area contributed by atoms with Crippen molar-refractivity contribution < 1.29 is 0 Å². The minimum absolute atomic E-state index is 0.0628. The van der Waals surface area contributed by atoms with Crippen LogP contribution in [0.5, 0.6) is 0 Å². The van der Waals surface area contributed by atoms with Gasteiger partial charge in [-0.3, -0.25) is 9.78 Å². The molecule has 2 aromatic heterocycles. The first-order valence-electron chi connectivity index (χ1n) is 5.56. The summed E-state index contributed by atoms with van der Waals surface area (Å²) in [7, 11) is 1.90. The molecule has 0 saturated carbocycles. The smallest absolute Gasteiger partial charge is 0.271 e. The zero-order valence-corrected chi connectivity index (χ0v) is 9.97. The molecule has 4 nitrogen and oxygen atoms in total. The Bertz CT molecular complexity index is 548. The molecule has 0 aromatic carbocycles. The number of aromatic nitrogens is 2. The van der Waals surface area contributed by atoms with Gasteiger partial charge in [0.1, 0.15) is 5.69 Å². The van der Waals surface area contributed by atoms with Gasteiger partial charge in [-0.2, -0.15) is 0 Å². The minimum atomic E-state index is -0.0628. The Labute approximate surface area is 99.9 Å². The summed E-state index contributed by atoms with van der Waals surface area (Å²) in [5.74, 6) is 0. The first-order valence-corrected chi connectivity index (χ1v) is 5.56. The highest BCUT2D eigenvalue weighted by molar-refractivity contribution is 5.66. The maximum atomic E-state index is 11.7. The summed E-state index contributed by atoms with van der Waals surface area (Å²) in [5.41, 5.74) is 2.65. The number of anilines is 1. The molecule has 1 N–H and O–H groups in total. The molecule has 88 valence electrons. The molecule has 0 aliphatic heterocycles. The largest absolute Gasteiger partial charge is 0.370 e. The third-order valence-electron chi connectivity index (χ3n) is 2.78. The summed E-state index contributed by atoms with van der Waals surface area (Å²) in [6.07, 6.45) is 5.21. The molecule has 17 heavy (non-hydrogen) atoms. The lowest BCUT2D eigenvalue weighted by atomic mass is 10.1. The Morgan fingerprint density at radius 1 is 1.29 bits per heavy atom. The van der Waals surface area contributed by atoms with Gasteiger partial charge in [0.15, 0.2) is 0 Å². The standard InChI is InChI=1S/C13H15N3O/c1-3-16(2)12-8-11(9-15-13(12)17)10-4-6-14-7-5-10/h4-9H,3H2,1-2H3,(H,15,17). The third kappa shape index (κ3) is 2.36. The third-order valence-corrected chi connectivity index (χ3v) is 2.78. The maximum Gasteiger partial charge on any atom is 0.271 e. The summed E-state index contributed by atoms with van der Waals surface area (Å²) >= 11 is 0. The van der Waals surface area contributed by atoms with E-state index >= 15 is 0 Å². The van der Waals surface area contributed by atoms with Crippen molar-refractivity contribution in [3.63, 3.8) is 0 Å². The van der Waals surface area contributed by atoms with Crippen LogP contribution < -0.4 is 10.5 Å². The second-order valence-corrected chi connectivity index (χ2v) is 3.85. The Morgan fingerprint density at radius 3 is 2.65 bits per heavy atom. The molecule has 0 unspecified atom stereocenters. The summed E-state index contributed by atoms with van der Waals surface area (Å²) in [5, 5.41) is 0. The van der Waals surface area contributed by atoms with E-state index in [4.69, 9.17) is 0 Å². The number of rotatable bonds is 3. The van der Waals surface area contributed by atoms with Gasteiger partial charge in [-0.15, -0.1) is 0 Å². The summed E-state index contributed by atoms with van der Waals surface area (Å²) in [6.45, 7) is 2.81. The van der Waals surface area contributed by atoms with E-state index in [0.717, 1.165) is 17.7 Å². The van der Waals surface area contributed by atoms with Crippen LogP contribution in [0.25, 0.3) is 11.1 Å². The van der Waals surface area contributed by atoms with Gasteiger partial charge in [0, 0.05) is 37.7 Å². The first kappa shape index (κ1) is 11.4. The van der Waals surface area contributed by atoms with Crippen LogP contribution in [0.15, 0.2) is 41.6 Å². The molecule has 0 amide bonds. The van der Waals surface area contributed by atoms with Crippen molar-refractivity contribution in [1.82, 2.24) is 9.97 Å². The molecule has 2 heterocycles. The van der Waals surface area contributed by atoms with Crippen molar-refractivity contribution in [3.8, 4) is 11.1 Å². The Kier molecular flexibility index (Phi) is 3.23. The molecule has 0 spiro atoms. The van der Waals surface area contributed by atoms with Gasteiger partial charge in [-0.25, -0.2) is 0 Å². The monoisotopic (exact) mass is 229 g/mol. The summed E-state index contributed by atoms with van der Waals surface area (Å²) < 4.78 is 0. The van der Waals surface area contributed by atoms with Crippen LogP contribution in [0, 0.1) is 0 Å². The summed E-state index contributed by atoms with van der Waals surface area (Å²) in [6, 6.07) is 5.74. The Hall–Kier alpha value is -2.10. The molecule has 0 aliphatic carbocycles. The average molecular weight is 229 g/mol. The van der Waals surface area contributed by atoms with Gasteiger partial charge < -0.3 is 9.88 Å². The van der Waals surface area contributed by atoms with Crippen molar-refractivity contribution >= 4 is 5.69 Å². The normalized spacial score (nSPS) is 10.2.